The summed E-state index contributed by atoms with van der Waals surface area (Å²) in [5.41, 5.74) is 0. The summed E-state index contributed by atoms with van der Waals surface area (Å²) in [5, 5.41) is 11.6. The van der Waals surface area contributed by atoms with Crippen LogP contribution < -0.4 is 5.32 Å². The van der Waals surface area contributed by atoms with Gasteiger partial charge in [0, 0.05) is 6.54 Å². The Morgan fingerprint density at radius 3 is 2.63 bits per heavy atom. The number of hydrogen-bond donors (Lipinski definition) is 2. The fourth-order valence-corrected chi connectivity index (χ4v) is 2.82. The first kappa shape index (κ1) is 16.3. The average Bonchev–Trinajstić information content (AvgIpc) is 2.82. The van der Waals surface area contributed by atoms with E-state index >= 15 is 0 Å². The van der Waals surface area contributed by atoms with Crippen molar-refractivity contribution < 1.29 is 19.4 Å². The highest BCUT2D eigenvalue weighted by Gasteiger charge is 2.34. The normalized spacial score (nSPS) is 22.7. The molecule has 0 aromatic carbocycles. The van der Waals surface area contributed by atoms with E-state index in [2.05, 4.69) is 19.2 Å². The van der Waals surface area contributed by atoms with Crippen molar-refractivity contribution >= 4 is 23.6 Å². The minimum absolute atomic E-state index is 0.183. The van der Waals surface area contributed by atoms with E-state index in [1.54, 1.807) is 0 Å². The van der Waals surface area contributed by atoms with E-state index in [1.807, 2.05) is 11.8 Å². The molecule has 0 aliphatic carbocycles. The number of carbonyl (C=O) groups excluding carboxylic acids is 1. The van der Waals surface area contributed by atoms with Gasteiger partial charge in [0.05, 0.1) is 0 Å². The van der Waals surface area contributed by atoms with Crippen molar-refractivity contribution in [1.82, 2.24) is 5.32 Å². The second-order valence-corrected chi connectivity index (χ2v) is 6.29. The van der Waals surface area contributed by atoms with Gasteiger partial charge in [-0.15, -0.1) is 0 Å². The molecule has 1 amide bonds. The van der Waals surface area contributed by atoms with Gasteiger partial charge in [-0.1, -0.05) is 13.8 Å². The van der Waals surface area contributed by atoms with Gasteiger partial charge < -0.3 is 15.2 Å². The van der Waals surface area contributed by atoms with Crippen LogP contribution in [0.5, 0.6) is 0 Å². The lowest BCUT2D eigenvalue weighted by atomic mass is 10.2. The third-order valence-corrected chi connectivity index (χ3v) is 4.28. The van der Waals surface area contributed by atoms with E-state index < -0.39 is 18.2 Å². The van der Waals surface area contributed by atoms with Gasteiger partial charge in [0.15, 0.2) is 6.10 Å². The molecule has 0 spiro atoms. The fourth-order valence-electron chi connectivity index (χ4n) is 1.83. The molecule has 110 valence electrons. The fraction of sp³-hybridized carbons (Fsp3) is 0.846. The lowest BCUT2D eigenvalue weighted by molar-refractivity contribution is -0.151. The third-order valence-electron chi connectivity index (χ3n) is 2.80. The predicted molar refractivity (Wildman–Crippen MR) is 75.3 cm³/mol. The van der Waals surface area contributed by atoms with Crippen molar-refractivity contribution in [3.8, 4) is 0 Å². The molecule has 0 bridgehead atoms. The molecule has 0 aromatic rings. The molecule has 6 heteroatoms. The zero-order valence-electron chi connectivity index (χ0n) is 11.6. The number of carboxylic acids is 1. The maximum atomic E-state index is 11.7. The third kappa shape index (κ3) is 6.29. The number of aliphatic carboxylic acids is 1. The number of nitrogens with one attached hydrogen (secondary N) is 1. The Balaban J connectivity index is 2.07. The molecule has 5 nitrogen and oxygen atoms in total. The van der Waals surface area contributed by atoms with Crippen LogP contribution in [0, 0.1) is 5.92 Å². The summed E-state index contributed by atoms with van der Waals surface area (Å²) >= 11 is 1.89. The average molecular weight is 289 g/mol. The maximum absolute atomic E-state index is 11.7. The first-order valence-corrected chi connectivity index (χ1v) is 7.90. The van der Waals surface area contributed by atoms with Crippen LogP contribution in [0.25, 0.3) is 0 Å². The zero-order chi connectivity index (χ0) is 14.3. The van der Waals surface area contributed by atoms with Crippen LogP contribution in [0.1, 0.15) is 33.1 Å². The number of carboxylic acid groups (broad SMARTS) is 1. The summed E-state index contributed by atoms with van der Waals surface area (Å²) in [5.74, 6) is 1.69. The molecular formula is C13H23NO4S. The Kier molecular flexibility index (Phi) is 7.23. The number of hydrogen-bond acceptors (Lipinski definition) is 4. The summed E-state index contributed by atoms with van der Waals surface area (Å²) < 4.78 is 5.18. The van der Waals surface area contributed by atoms with Crippen molar-refractivity contribution in [2.75, 3.05) is 18.1 Å². The lowest BCUT2D eigenvalue weighted by Crippen LogP contribution is -2.36. The van der Waals surface area contributed by atoms with E-state index in [4.69, 9.17) is 9.84 Å². The van der Waals surface area contributed by atoms with Crippen LogP contribution in [0.2, 0.25) is 0 Å². The topological polar surface area (TPSA) is 75.6 Å². The standard InChI is InChI=1S/C13H23NO4S/c1-9(2)8-19-7-3-6-14-12(15)10-4-5-11(18-10)13(16)17/h9-11H,3-8H2,1-2H3,(H,14,15)(H,16,17)/t10-,11+/m0/s1. The van der Waals surface area contributed by atoms with E-state index in [-0.39, 0.29) is 5.91 Å². The minimum atomic E-state index is -0.986. The van der Waals surface area contributed by atoms with Crippen molar-refractivity contribution in [2.45, 2.75) is 45.3 Å². The Morgan fingerprint density at radius 1 is 1.37 bits per heavy atom. The van der Waals surface area contributed by atoms with E-state index in [0.29, 0.717) is 25.3 Å². The zero-order valence-corrected chi connectivity index (χ0v) is 12.4. The number of ether oxygens (including phenoxy) is 1. The molecule has 1 fully saturated rings. The first-order chi connectivity index (χ1) is 9.00. The molecule has 0 unspecified atom stereocenters. The van der Waals surface area contributed by atoms with Crippen molar-refractivity contribution in [3.05, 3.63) is 0 Å². The summed E-state index contributed by atoms with van der Waals surface area (Å²) in [7, 11) is 0. The molecule has 0 radical (unpaired) electrons. The quantitative estimate of drug-likeness (QED) is 0.663. The molecule has 1 aliphatic rings. The number of thioether (sulfide) groups is 1. The van der Waals surface area contributed by atoms with Gasteiger partial charge in [0.2, 0.25) is 5.91 Å². The smallest absolute Gasteiger partial charge is 0.332 e. The number of carbonyl (C=O) groups is 2. The van der Waals surface area contributed by atoms with E-state index in [0.717, 1.165) is 17.9 Å². The Morgan fingerprint density at radius 2 is 2.05 bits per heavy atom. The van der Waals surface area contributed by atoms with Crippen LogP contribution in [-0.4, -0.2) is 47.2 Å². The SMILES string of the molecule is CC(C)CSCCCNC(=O)[C@@H]1CC[C@H](C(=O)O)O1. The molecule has 19 heavy (non-hydrogen) atoms. The molecule has 2 atom stereocenters. The van der Waals surface area contributed by atoms with Gasteiger partial charge in [-0.05, 0) is 36.7 Å². The Hall–Kier alpha value is -0.750. The molecule has 1 aliphatic heterocycles. The van der Waals surface area contributed by atoms with E-state index in [1.165, 1.54) is 0 Å². The minimum Gasteiger partial charge on any atom is -0.479 e. The maximum Gasteiger partial charge on any atom is 0.332 e. The highest BCUT2D eigenvalue weighted by atomic mass is 32.2. The highest BCUT2D eigenvalue weighted by molar-refractivity contribution is 7.99. The van der Waals surface area contributed by atoms with E-state index in [9.17, 15) is 9.59 Å². The molecule has 0 aromatic heterocycles. The van der Waals surface area contributed by atoms with Crippen LogP contribution >= 0.6 is 11.8 Å². The highest BCUT2D eigenvalue weighted by Crippen LogP contribution is 2.19. The van der Waals surface area contributed by atoms with Crippen LogP contribution in [0.4, 0.5) is 0 Å². The van der Waals surface area contributed by atoms with Crippen molar-refractivity contribution in [2.24, 2.45) is 5.92 Å². The van der Waals surface area contributed by atoms with Gasteiger partial charge >= 0.3 is 5.97 Å². The van der Waals surface area contributed by atoms with Crippen molar-refractivity contribution in [1.29, 1.82) is 0 Å². The summed E-state index contributed by atoms with van der Waals surface area (Å²) in [6.45, 7) is 5.00. The number of rotatable bonds is 8. The van der Waals surface area contributed by atoms with Crippen LogP contribution in [0.3, 0.4) is 0 Å². The van der Waals surface area contributed by atoms with Gasteiger partial charge in [0.25, 0.3) is 0 Å². The summed E-state index contributed by atoms with van der Waals surface area (Å²) in [6, 6.07) is 0. The second kappa shape index (κ2) is 8.43. The monoisotopic (exact) mass is 289 g/mol. The Labute approximate surface area is 118 Å². The molecule has 1 rings (SSSR count). The second-order valence-electron chi connectivity index (χ2n) is 5.14. The first-order valence-electron chi connectivity index (χ1n) is 6.74. The van der Waals surface area contributed by atoms with Gasteiger partial charge in [-0.2, -0.15) is 11.8 Å². The summed E-state index contributed by atoms with van der Waals surface area (Å²) in [4.78, 5) is 22.4. The number of amides is 1. The predicted octanol–water partition coefficient (Wildman–Crippen LogP) is 1.51. The molecule has 0 saturated carbocycles. The molecule has 1 heterocycles. The van der Waals surface area contributed by atoms with Crippen LogP contribution in [0.15, 0.2) is 0 Å². The van der Waals surface area contributed by atoms with Gasteiger partial charge in [0.1, 0.15) is 6.10 Å². The largest absolute Gasteiger partial charge is 0.479 e. The van der Waals surface area contributed by atoms with Gasteiger partial charge in [-0.25, -0.2) is 4.79 Å². The molecule has 2 N–H and O–H groups in total. The summed E-state index contributed by atoms with van der Waals surface area (Å²) in [6.07, 6.45) is 0.419. The molecular weight excluding hydrogens is 266 g/mol. The van der Waals surface area contributed by atoms with Gasteiger partial charge in [-0.3, -0.25) is 4.79 Å². The lowest BCUT2D eigenvalue weighted by Gasteiger charge is -2.11. The Bertz CT molecular complexity index is 309. The van der Waals surface area contributed by atoms with Crippen LogP contribution in [-0.2, 0) is 14.3 Å². The van der Waals surface area contributed by atoms with Crippen molar-refractivity contribution in [3.63, 3.8) is 0 Å². The molecule has 1 saturated heterocycles.